The van der Waals surface area contributed by atoms with Crippen molar-refractivity contribution in [3.8, 4) is 16.8 Å². The molecule has 0 aliphatic carbocycles. The molecule has 0 fully saturated rings. The Morgan fingerprint density at radius 1 is 1.39 bits per heavy atom. The molecule has 114 valence electrons. The summed E-state index contributed by atoms with van der Waals surface area (Å²) in [6, 6.07) is 11.9. The molecule has 0 saturated heterocycles. The molecule has 2 aromatic heterocycles. The van der Waals surface area contributed by atoms with Crippen LogP contribution in [0, 0.1) is 11.3 Å². The third-order valence-electron chi connectivity index (χ3n) is 3.15. The molecule has 3 rings (SSSR count). The fraction of sp³-hybridized carbons (Fsp3) is 0.133. The number of rotatable bonds is 4. The fourth-order valence-corrected chi connectivity index (χ4v) is 2.56. The number of aromatic nitrogens is 4. The largest absolute Gasteiger partial charge is 0.324 e. The van der Waals surface area contributed by atoms with Crippen LogP contribution in [0.25, 0.3) is 10.7 Å². The summed E-state index contributed by atoms with van der Waals surface area (Å²) in [6.07, 6.45) is 0. The lowest BCUT2D eigenvalue weighted by atomic mass is 10.2. The molecule has 8 heteroatoms. The van der Waals surface area contributed by atoms with E-state index in [1.165, 1.54) is 16.1 Å². The smallest absolute Gasteiger partial charge is 0.250 e. The van der Waals surface area contributed by atoms with Crippen molar-refractivity contribution in [2.75, 3.05) is 5.32 Å². The minimum atomic E-state index is -0.623. The van der Waals surface area contributed by atoms with Gasteiger partial charge < -0.3 is 5.32 Å². The normalized spacial score (nSPS) is 11.7. The summed E-state index contributed by atoms with van der Waals surface area (Å²) in [5.41, 5.74) is 1.04. The summed E-state index contributed by atoms with van der Waals surface area (Å²) < 4.78 is 0. The molecule has 0 spiro atoms. The Morgan fingerprint density at radius 2 is 2.26 bits per heavy atom. The maximum absolute atomic E-state index is 12.3. The van der Waals surface area contributed by atoms with Crippen molar-refractivity contribution in [2.45, 2.75) is 13.0 Å². The van der Waals surface area contributed by atoms with Crippen LogP contribution in [-0.4, -0.2) is 26.1 Å². The average Bonchev–Trinajstić information content (AvgIpc) is 3.25. The Kier molecular flexibility index (Phi) is 4.12. The van der Waals surface area contributed by atoms with E-state index in [1.54, 1.807) is 31.2 Å². The van der Waals surface area contributed by atoms with Gasteiger partial charge in [-0.25, -0.2) is 0 Å². The number of carbonyl (C=O) groups is 1. The van der Waals surface area contributed by atoms with E-state index < -0.39 is 6.04 Å². The first kappa shape index (κ1) is 14.9. The average molecular weight is 324 g/mol. The molecule has 7 nitrogen and oxygen atoms in total. The molecule has 0 saturated carbocycles. The van der Waals surface area contributed by atoms with Gasteiger partial charge in [0.1, 0.15) is 6.04 Å². The Labute approximate surface area is 136 Å². The topological polar surface area (TPSA) is 96.5 Å². The fourth-order valence-electron chi connectivity index (χ4n) is 1.91. The first-order chi connectivity index (χ1) is 11.2. The molecule has 0 radical (unpaired) electrons. The zero-order valence-corrected chi connectivity index (χ0v) is 13.0. The lowest BCUT2D eigenvalue weighted by Crippen LogP contribution is -2.25. The summed E-state index contributed by atoms with van der Waals surface area (Å²) in [5, 5.41) is 25.7. The molecule has 1 N–H and O–H groups in total. The molecule has 1 amide bonds. The van der Waals surface area contributed by atoms with Crippen LogP contribution in [0.4, 0.5) is 5.69 Å². The first-order valence-corrected chi connectivity index (χ1v) is 7.70. The molecule has 0 aliphatic rings. The Morgan fingerprint density at radius 3 is 3.00 bits per heavy atom. The molecule has 0 bridgehead atoms. The number of nitrogens with one attached hydrogen (secondary N) is 1. The van der Waals surface area contributed by atoms with Crippen molar-refractivity contribution in [3.63, 3.8) is 0 Å². The van der Waals surface area contributed by atoms with Gasteiger partial charge in [-0.05, 0) is 41.8 Å². The van der Waals surface area contributed by atoms with E-state index in [2.05, 4.69) is 20.7 Å². The molecular formula is C15H12N6OS. The van der Waals surface area contributed by atoms with Gasteiger partial charge in [0.2, 0.25) is 5.82 Å². The van der Waals surface area contributed by atoms with E-state index >= 15 is 0 Å². The van der Waals surface area contributed by atoms with Crippen molar-refractivity contribution < 1.29 is 4.79 Å². The van der Waals surface area contributed by atoms with E-state index in [0.717, 1.165) is 4.88 Å². The standard InChI is InChI=1S/C15H12N6OS/c1-10(15(22)17-12-5-2-4-11(8-12)9-16)21-19-14(18-20-21)13-6-3-7-23-13/h2-8,10H,1H3,(H,17,22)/t10-/m0/s1. The Bertz CT molecular complexity index is 864. The van der Waals surface area contributed by atoms with Crippen molar-refractivity contribution in [2.24, 2.45) is 0 Å². The summed E-state index contributed by atoms with van der Waals surface area (Å²) in [5.74, 6) is 0.210. The molecule has 0 unspecified atom stereocenters. The van der Waals surface area contributed by atoms with Crippen LogP contribution in [0.1, 0.15) is 18.5 Å². The molecule has 1 aromatic carbocycles. The number of anilines is 1. The number of benzene rings is 1. The summed E-state index contributed by atoms with van der Waals surface area (Å²) in [4.78, 5) is 14.5. The first-order valence-electron chi connectivity index (χ1n) is 6.82. The highest BCUT2D eigenvalue weighted by Gasteiger charge is 2.19. The predicted molar refractivity (Wildman–Crippen MR) is 85.6 cm³/mol. The number of hydrogen-bond acceptors (Lipinski definition) is 6. The van der Waals surface area contributed by atoms with Gasteiger partial charge in [-0.1, -0.05) is 12.1 Å². The van der Waals surface area contributed by atoms with E-state index in [4.69, 9.17) is 5.26 Å². The van der Waals surface area contributed by atoms with Gasteiger partial charge in [0, 0.05) is 5.69 Å². The highest BCUT2D eigenvalue weighted by Crippen LogP contribution is 2.20. The minimum Gasteiger partial charge on any atom is -0.324 e. The van der Waals surface area contributed by atoms with Crippen LogP contribution in [0.2, 0.25) is 0 Å². The highest BCUT2D eigenvalue weighted by molar-refractivity contribution is 7.13. The van der Waals surface area contributed by atoms with Crippen LogP contribution in [0.5, 0.6) is 0 Å². The maximum Gasteiger partial charge on any atom is 0.250 e. The van der Waals surface area contributed by atoms with Crippen LogP contribution >= 0.6 is 11.3 Å². The predicted octanol–water partition coefficient (Wildman–Crippen LogP) is 2.47. The zero-order chi connectivity index (χ0) is 16.2. The van der Waals surface area contributed by atoms with Gasteiger partial charge in [-0.2, -0.15) is 10.1 Å². The van der Waals surface area contributed by atoms with E-state index in [0.29, 0.717) is 17.1 Å². The van der Waals surface area contributed by atoms with Gasteiger partial charge in [0.05, 0.1) is 16.5 Å². The molecule has 23 heavy (non-hydrogen) atoms. The molecule has 1 atom stereocenters. The van der Waals surface area contributed by atoms with E-state index in [-0.39, 0.29) is 5.91 Å². The SMILES string of the molecule is C[C@@H](C(=O)Nc1cccc(C#N)c1)n1nnc(-c2cccs2)n1. The Balaban J connectivity index is 1.73. The van der Waals surface area contributed by atoms with E-state index in [9.17, 15) is 4.79 Å². The lowest BCUT2D eigenvalue weighted by Gasteiger charge is -2.10. The Hall–Kier alpha value is -3.05. The second kappa shape index (κ2) is 6.37. The summed E-state index contributed by atoms with van der Waals surface area (Å²) in [6.45, 7) is 1.68. The number of amides is 1. The number of hydrogen-bond donors (Lipinski definition) is 1. The molecular weight excluding hydrogens is 312 g/mol. The van der Waals surface area contributed by atoms with Crippen LogP contribution in [-0.2, 0) is 4.79 Å². The van der Waals surface area contributed by atoms with Crippen molar-refractivity contribution in [1.29, 1.82) is 5.26 Å². The number of carbonyl (C=O) groups excluding carboxylic acids is 1. The zero-order valence-electron chi connectivity index (χ0n) is 12.2. The molecule has 2 heterocycles. The van der Waals surface area contributed by atoms with Gasteiger partial charge in [-0.3, -0.25) is 4.79 Å². The number of nitriles is 1. The minimum absolute atomic E-state index is 0.282. The number of tetrazole rings is 1. The monoisotopic (exact) mass is 324 g/mol. The quantitative estimate of drug-likeness (QED) is 0.795. The third kappa shape index (κ3) is 3.25. The van der Waals surface area contributed by atoms with Crippen molar-refractivity contribution in [3.05, 3.63) is 47.3 Å². The van der Waals surface area contributed by atoms with Gasteiger partial charge in [0.25, 0.3) is 5.91 Å². The summed E-state index contributed by atoms with van der Waals surface area (Å²) >= 11 is 1.51. The molecule has 3 aromatic rings. The highest BCUT2D eigenvalue weighted by atomic mass is 32.1. The van der Waals surface area contributed by atoms with Gasteiger partial charge in [0.15, 0.2) is 0 Å². The van der Waals surface area contributed by atoms with Gasteiger partial charge in [-0.15, -0.1) is 21.5 Å². The van der Waals surface area contributed by atoms with Crippen LogP contribution in [0.3, 0.4) is 0 Å². The van der Waals surface area contributed by atoms with Gasteiger partial charge >= 0.3 is 0 Å². The van der Waals surface area contributed by atoms with Crippen molar-refractivity contribution >= 4 is 22.9 Å². The summed E-state index contributed by atoms with van der Waals surface area (Å²) in [7, 11) is 0. The lowest BCUT2D eigenvalue weighted by molar-refractivity contribution is -0.119. The number of thiophene rings is 1. The van der Waals surface area contributed by atoms with Crippen LogP contribution in [0.15, 0.2) is 41.8 Å². The second-order valence-electron chi connectivity index (χ2n) is 4.77. The molecule has 0 aliphatic heterocycles. The van der Waals surface area contributed by atoms with Crippen molar-refractivity contribution in [1.82, 2.24) is 20.2 Å². The van der Waals surface area contributed by atoms with E-state index in [1.807, 2.05) is 23.6 Å². The maximum atomic E-state index is 12.3. The third-order valence-corrected chi connectivity index (χ3v) is 4.02. The number of nitrogens with zero attached hydrogens (tertiary/aromatic N) is 5. The van der Waals surface area contributed by atoms with Crippen LogP contribution < -0.4 is 5.32 Å². The second-order valence-corrected chi connectivity index (χ2v) is 5.72.